The van der Waals surface area contributed by atoms with Crippen LogP contribution in [0.25, 0.3) is 0 Å². The Morgan fingerprint density at radius 3 is 2.48 bits per heavy atom. The molecule has 0 saturated carbocycles. The van der Waals surface area contributed by atoms with E-state index in [1.54, 1.807) is 0 Å². The minimum Gasteiger partial charge on any atom is -0.492 e. The summed E-state index contributed by atoms with van der Waals surface area (Å²) < 4.78 is 5.44. The van der Waals surface area contributed by atoms with Crippen LogP contribution in [0.15, 0.2) is 24.3 Å². The van der Waals surface area contributed by atoms with Crippen molar-refractivity contribution < 1.29 is 14.3 Å². The van der Waals surface area contributed by atoms with Gasteiger partial charge in [0.25, 0.3) is 0 Å². The van der Waals surface area contributed by atoms with Gasteiger partial charge < -0.3 is 15.4 Å². The fraction of sp³-hybridized carbons (Fsp3) is 0.467. The van der Waals surface area contributed by atoms with Crippen LogP contribution >= 0.6 is 0 Å². The number of hydrogen-bond acceptors (Lipinski definition) is 4. The third-order valence-electron chi connectivity index (χ3n) is 2.37. The van der Waals surface area contributed by atoms with E-state index >= 15 is 0 Å². The molecule has 0 heterocycles. The number of urea groups is 1. The average Bonchev–Trinajstić information content (AvgIpc) is 2.35. The van der Waals surface area contributed by atoms with E-state index in [2.05, 4.69) is 16.0 Å². The number of carbonyl (C=O) groups excluding carboxylic acids is 2. The number of benzene rings is 1. The summed E-state index contributed by atoms with van der Waals surface area (Å²) in [6.07, 6.45) is 0. The molecule has 0 aromatic heterocycles. The predicted molar refractivity (Wildman–Crippen MR) is 82.5 cm³/mol. The number of para-hydroxylation sites is 2. The van der Waals surface area contributed by atoms with E-state index < -0.39 is 11.9 Å². The first-order valence-electron chi connectivity index (χ1n) is 6.89. The number of amides is 3. The molecule has 116 valence electrons. The fourth-order valence-electron chi connectivity index (χ4n) is 1.61. The summed E-state index contributed by atoms with van der Waals surface area (Å²) >= 11 is 0. The van der Waals surface area contributed by atoms with Crippen molar-refractivity contribution in [2.75, 3.05) is 18.5 Å². The monoisotopic (exact) mass is 293 g/mol. The lowest BCUT2D eigenvalue weighted by Gasteiger charge is -2.20. The summed E-state index contributed by atoms with van der Waals surface area (Å²) in [6, 6.07) is 6.82. The Kier molecular flexibility index (Phi) is 6.02. The second-order valence-electron chi connectivity index (χ2n) is 5.54. The van der Waals surface area contributed by atoms with E-state index in [-0.39, 0.29) is 12.1 Å². The molecule has 3 amide bonds. The Balaban J connectivity index is 2.48. The summed E-state index contributed by atoms with van der Waals surface area (Å²) in [4.78, 5) is 23.3. The van der Waals surface area contributed by atoms with Gasteiger partial charge in [-0.2, -0.15) is 0 Å². The summed E-state index contributed by atoms with van der Waals surface area (Å²) in [5.41, 5.74) is 0.324. The minimum atomic E-state index is -0.507. The fourth-order valence-corrected chi connectivity index (χ4v) is 1.61. The molecule has 0 saturated heterocycles. The number of ether oxygens (including phenoxy) is 1. The quantitative estimate of drug-likeness (QED) is 0.777. The molecule has 21 heavy (non-hydrogen) atoms. The van der Waals surface area contributed by atoms with Gasteiger partial charge in [0, 0.05) is 5.54 Å². The molecule has 1 aromatic carbocycles. The van der Waals surface area contributed by atoms with Gasteiger partial charge in [-0.1, -0.05) is 12.1 Å². The molecule has 0 bridgehead atoms. The van der Waals surface area contributed by atoms with Gasteiger partial charge in [0.15, 0.2) is 0 Å². The van der Waals surface area contributed by atoms with Crippen LogP contribution in [0.1, 0.15) is 27.7 Å². The first-order chi connectivity index (χ1) is 9.81. The molecule has 6 nitrogen and oxygen atoms in total. The van der Waals surface area contributed by atoms with Crippen molar-refractivity contribution in [3.05, 3.63) is 24.3 Å². The minimum absolute atomic E-state index is 0.0123. The van der Waals surface area contributed by atoms with Crippen molar-refractivity contribution in [2.24, 2.45) is 0 Å². The Morgan fingerprint density at radius 1 is 1.19 bits per heavy atom. The largest absolute Gasteiger partial charge is 0.492 e. The van der Waals surface area contributed by atoms with Gasteiger partial charge in [0.05, 0.1) is 18.8 Å². The van der Waals surface area contributed by atoms with Crippen molar-refractivity contribution in [3.8, 4) is 5.75 Å². The van der Waals surface area contributed by atoms with Crippen molar-refractivity contribution in [2.45, 2.75) is 33.2 Å². The lowest BCUT2D eigenvalue weighted by Crippen LogP contribution is -2.49. The molecule has 0 aliphatic carbocycles. The van der Waals surface area contributed by atoms with E-state index in [9.17, 15) is 9.59 Å². The maximum Gasteiger partial charge on any atom is 0.321 e. The summed E-state index contributed by atoms with van der Waals surface area (Å²) in [7, 11) is 0. The second kappa shape index (κ2) is 7.52. The summed E-state index contributed by atoms with van der Waals surface area (Å²) in [5, 5.41) is 7.87. The maximum absolute atomic E-state index is 11.7. The van der Waals surface area contributed by atoms with Crippen LogP contribution in [-0.2, 0) is 4.79 Å². The first-order valence-corrected chi connectivity index (χ1v) is 6.89. The second-order valence-corrected chi connectivity index (χ2v) is 5.54. The average molecular weight is 293 g/mol. The van der Waals surface area contributed by atoms with Gasteiger partial charge in [0.2, 0.25) is 5.91 Å². The van der Waals surface area contributed by atoms with E-state index in [4.69, 9.17) is 4.74 Å². The Hall–Kier alpha value is -2.24. The van der Waals surface area contributed by atoms with Crippen molar-refractivity contribution in [3.63, 3.8) is 0 Å². The molecular formula is C15H23N3O3. The number of imide groups is 1. The zero-order chi connectivity index (χ0) is 15.9. The highest BCUT2D eigenvalue weighted by atomic mass is 16.5. The van der Waals surface area contributed by atoms with Crippen LogP contribution in [-0.4, -0.2) is 30.6 Å². The third kappa shape index (κ3) is 6.65. The molecule has 0 aliphatic rings. The Morgan fingerprint density at radius 2 is 1.86 bits per heavy atom. The van der Waals surface area contributed by atoms with E-state index in [1.807, 2.05) is 52.0 Å². The van der Waals surface area contributed by atoms with Gasteiger partial charge in [-0.25, -0.2) is 4.79 Å². The molecule has 0 radical (unpaired) electrons. The molecule has 0 fully saturated rings. The highest BCUT2D eigenvalue weighted by molar-refractivity contribution is 5.96. The predicted octanol–water partition coefficient (Wildman–Crippen LogP) is 2.12. The van der Waals surface area contributed by atoms with Crippen LogP contribution in [0, 0.1) is 0 Å². The molecule has 6 heteroatoms. The molecule has 0 atom stereocenters. The first kappa shape index (κ1) is 16.8. The van der Waals surface area contributed by atoms with Crippen molar-refractivity contribution in [1.82, 2.24) is 10.6 Å². The standard InChI is InChI=1S/C15H23N3O3/c1-5-21-12-9-7-6-8-11(12)16-10-13(19)17-14(20)18-15(2,3)4/h6-9,16H,5,10H2,1-4H3,(H2,17,18,19,20). The Labute approximate surface area is 125 Å². The highest BCUT2D eigenvalue weighted by Gasteiger charge is 2.15. The van der Waals surface area contributed by atoms with Gasteiger partial charge in [-0.05, 0) is 39.8 Å². The lowest BCUT2D eigenvalue weighted by molar-refractivity contribution is -0.118. The normalized spacial score (nSPS) is 10.7. The number of rotatable bonds is 5. The smallest absolute Gasteiger partial charge is 0.321 e. The number of carbonyl (C=O) groups is 2. The molecule has 1 rings (SSSR count). The van der Waals surface area contributed by atoms with E-state index in [0.717, 1.165) is 0 Å². The topological polar surface area (TPSA) is 79.5 Å². The van der Waals surface area contributed by atoms with Crippen LogP contribution < -0.4 is 20.7 Å². The van der Waals surface area contributed by atoms with Crippen LogP contribution in [0.3, 0.4) is 0 Å². The zero-order valence-electron chi connectivity index (χ0n) is 12.9. The number of nitrogens with one attached hydrogen (secondary N) is 3. The summed E-state index contributed by atoms with van der Waals surface area (Å²) in [6.45, 7) is 7.94. The van der Waals surface area contributed by atoms with Crippen molar-refractivity contribution in [1.29, 1.82) is 0 Å². The SMILES string of the molecule is CCOc1ccccc1NCC(=O)NC(=O)NC(C)(C)C. The van der Waals surface area contributed by atoms with Gasteiger partial charge in [-0.3, -0.25) is 10.1 Å². The number of anilines is 1. The van der Waals surface area contributed by atoms with Gasteiger partial charge in [-0.15, -0.1) is 0 Å². The molecule has 0 unspecified atom stereocenters. The van der Waals surface area contributed by atoms with Crippen LogP contribution in [0.5, 0.6) is 5.75 Å². The maximum atomic E-state index is 11.7. The highest BCUT2D eigenvalue weighted by Crippen LogP contribution is 2.23. The third-order valence-corrected chi connectivity index (χ3v) is 2.37. The molecule has 0 aliphatic heterocycles. The van der Waals surface area contributed by atoms with Crippen molar-refractivity contribution >= 4 is 17.6 Å². The Bertz CT molecular complexity index is 495. The molecule has 0 spiro atoms. The lowest BCUT2D eigenvalue weighted by atomic mass is 10.1. The van der Waals surface area contributed by atoms with Crippen LogP contribution in [0.2, 0.25) is 0 Å². The van der Waals surface area contributed by atoms with E-state index in [0.29, 0.717) is 18.0 Å². The molecule has 1 aromatic rings. The molecule has 3 N–H and O–H groups in total. The zero-order valence-corrected chi connectivity index (χ0v) is 12.9. The summed E-state index contributed by atoms with van der Waals surface area (Å²) in [5.74, 6) is 0.259. The van der Waals surface area contributed by atoms with Gasteiger partial charge >= 0.3 is 6.03 Å². The van der Waals surface area contributed by atoms with Gasteiger partial charge in [0.1, 0.15) is 5.75 Å². The molecular weight excluding hydrogens is 270 g/mol. The van der Waals surface area contributed by atoms with E-state index in [1.165, 1.54) is 0 Å². The van der Waals surface area contributed by atoms with Crippen LogP contribution in [0.4, 0.5) is 10.5 Å². The number of hydrogen-bond donors (Lipinski definition) is 3.